The summed E-state index contributed by atoms with van der Waals surface area (Å²) in [6.45, 7) is 8.58. The van der Waals surface area contributed by atoms with E-state index in [0.29, 0.717) is 0 Å². The number of hydrazone groups is 2. The molecule has 126 valence electrons. The van der Waals surface area contributed by atoms with Crippen LogP contribution >= 0.6 is 28.5 Å². The molecular weight excluding hydrogens is 443 g/mol. The average molecular weight is 469 g/mol. The van der Waals surface area contributed by atoms with Gasteiger partial charge in [0.1, 0.15) is 0 Å². The summed E-state index contributed by atoms with van der Waals surface area (Å²) in [5, 5.41) is 13.8. The molecule has 0 aliphatic carbocycles. The quantitative estimate of drug-likeness (QED) is 0.454. The summed E-state index contributed by atoms with van der Waals surface area (Å²) in [5.41, 5.74) is 2.14. The molecule has 0 radical (unpaired) electrons. The molecule has 2 heterocycles. The zero-order valence-electron chi connectivity index (χ0n) is 12.9. The first-order valence-corrected chi connectivity index (χ1v) is 12.5. The summed E-state index contributed by atoms with van der Waals surface area (Å²) in [7, 11) is 1.25. The van der Waals surface area contributed by atoms with Crippen molar-refractivity contribution in [3.63, 3.8) is 0 Å². The molecule has 0 N–H and O–H groups in total. The summed E-state index contributed by atoms with van der Waals surface area (Å²) in [5.74, 6) is 0. The number of piperidine rings is 2. The SMILES string of the molecule is CC(=N\N1CCCCC1)/C(C)=N/N1CCCCC1.[Br][Ni][Br]. The molecule has 0 atom stereocenters. The molecule has 0 aromatic carbocycles. The Labute approximate surface area is 149 Å². The fourth-order valence-corrected chi connectivity index (χ4v) is 2.52. The van der Waals surface area contributed by atoms with Gasteiger partial charge in [0.05, 0.1) is 11.4 Å². The number of hydrogen-bond donors (Lipinski definition) is 0. The number of hydrogen-bond acceptors (Lipinski definition) is 4. The fraction of sp³-hybridized carbons (Fsp3) is 0.857. The van der Waals surface area contributed by atoms with Crippen molar-refractivity contribution >= 4 is 39.9 Å². The third-order valence-electron chi connectivity index (χ3n) is 3.77. The molecule has 2 saturated heterocycles. The van der Waals surface area contributed by atoms with Crippen LogP contribution in [0.15, 0.2) is 10.2 Å². The first-order chi connectivity index (χ1) is 10.2. The Kier molecular flexibility index (Phi) is 11.0. The molecule has 2 fully saturated rings. The van der Waals surface area contributed by atoms with Crippen LogP contribution in [0.2, 0.25) is 0 Å². The molecule has 21 heavy (non-hydrogen) atoms. The summed E-state index contributed by atoms with van der Waals surface area (Å²) < 4.78 is 0. The molecule has 7 heteroatoms. The van der Waals surface area contributed by atoms with E-state index in [1.54, 1.807) is 0 Å². The van der Waals surface area contributed by atoms with Gasteiger partial charge >= 0.3 is 39.3 Å². The van der Waals surface area contributed by atoms with Gasteiger partial charge in [-0.2, -0.15) is 10.2 Å². The molecule has 2 rings (SSSR count). The van der Waals surface area contributed by atoms with Gasteiger partial charge in [-0.1, -0.05) is 0 Å². The van der Waals surface area contributed by atoms with Gasteiger partial charge in [-0.25, -0.2) is 0 Å². The molecule has 0 saturated carbocycles. The standard InChI is InChI=1S/C14H26N4.2BrH.Ni/c1-13(15-17-9-5-3-6-10-17)14(2)16-18-11-7-4-8-12-18;;;/h3-12H2,1-2H3;2*1H;/q;;;+2/p-2/b15-13+,16-14+;;;. The molecule has 0 amide bonds. The number of nitrogens with zero attached hydrogens (tertiary/aromatic N) is 4. The Morgan fingerprint density at radius 3 is 1.29 bits per heavy atom. The van der Waals surface area contributed by atoms with Gasteiger partial charge in [0.15, 0.2) is 0 Å². The Morgan fingerprint density at radius 1 is 0.714 bits per heavy atom. The van der Waals surface area contributed by atoms with Crippen LogP contribution in [0.25, 0.3) is 0 Å². The Hall–Kier alpha value is 0.394. The molecule has 0 spiro atoms. The summed E-state index contributed by atoms with van der Waals surface area (Å²) in [6.07, 6.45) is 7.81. The predicted octanol–water partition coefficient (Wildman–Crippen LogP) is 4.40. The molecule has 0 bridgehead atoms. The minimum atomic E-state index is 1.07. The van der Waals surface area contributed by atoms with E-state index in [-0.39, 0.29) is 0 Å². The van der Waals surface area contributed by atoms with E-state index in [1.807, 2.05) is 0 Å². The average Bonchev–Trinajstić information content (AvgIpc) is 2.50. The van der Waals surface area contributed by atoms with Crippen LogP contribution in [0, 0.1) is 0 Å². The van der Waals surface area contributed by atoms with Gasteiger partial charge in [-0.15, -0.1) is 0 Å². The monoisotopic (exact) mass is 466 g/mol. The molecule has 4 nitrogen and oxygen atoms in total. The van der Waals surface area contributed by atoms with Crippen molar-refractivity contribution in [1.29, 1.82) is 0 Å². The molecule has 0 aromatic heterocycles. The van der Waals surface area contributed by atoms with Crippen LogP contribution in [0.5, 0.6) is 0 Å². The third kappa shape index (κ3) is 8.56. The summed E-state index contributed by atoms with van der Waals surface area (Å²) in [4.78, 5) is 0. The maximum absolute atomic E-state index is 4.69. The number of halogens is 2. The third-order valence-corrected chi connectivity index (χ3v) is 3.77. The van der Waals surface area contributed by atoms with E-state index in [1.165, 1.54) is 49.4 Å². The Morgan fingerprint density at radius 2 is 1.00 bits per heavy atom. The second-order valence-electron chi connectivity index (χ2n) is 5.44. The van der Waals surface area contributed by atoms with Gasteiger partial charge in [0.25, 0.3) is 0 Å². The van der Waals surface area contributed by atoms with Crippen LogP contribution in [-0.2, 0) is 10.9 Å². The van der Waals surface area contributed by atoms with Gasteiger partial charge in [0, 0.05) is 26.2 Å². The van der Waals surface area contributed by atoms with Gasteiger partial charge in [-0.3, -0.25) is 10.0 Å². The normalized spacial score (nSPS) is 21.1. The van der Waals surface area contributed by atoms with Crippen molar-refractivity contribution in [2.45, 2.75) is 52.4 Å². The van der Waals surface area contributed by atoms with Crippen molar-refractivity contribution < 1.29 is 10.9 Å². The van der Waals surface area contributed by atoms with E-state index >= 15 is 0 Å². The van der Waals surface area contributed by atoms with E-state index in [0.717, 1.165) is 37.6 Å². The van der Waals surface area contributed by atoms with Crippen molar-refractivity contribution in [3.8, 4) is 0 Å². The van der Waals surface area contributed by atoms with Crippen molar-refractivity contribution in [3.05, 3.63) is 0 Å². The summed E-state index contributed by atoms with van der Waals surface area (Å²) >= 11 is 6.00. The minimum absolute atomic E-state index is 1.07. The van der Waals surface area contributed by atoms with Crippen molar-refractivity contribution in [2.75, 3.05) is 26.2 Å². The predicted molar refractivity (Wildman–Crippen MR) is 94.9 cm³/mol. The molecule has 0 aromatic rings. The van der Waals surface area contributed by atoms with Crippen molar-refractivity contribution in [2.24, 2.45) is 10.2 Å². The molecule has 2 aliphatic heterocycles. The van der Waals surface area contributed by atoms with E-state index in [2.05, 4.69) is 52.3 Å². The van der Waals surface area contributed by atoms with Crippen LogP contribution in [0.1, 0.15) is 52.4 Å². The van der Waals surface area contributed by atoms with Crippen LogP contribution in [-0.4, -0.2) is 47.6 Å². The van der Waals surface area contributed by atoms with Gasteiger partial charge in [0.2, 0.25) is 0 Å². The van der Waals surface area contributed by atoms with E-state index in [9.17, 15) is 0 Å². The van der Waals surface area contributed by atoms with Crippen LogP contribution < -0.4 is 0 Å². The second-order valence-corrected chi connectivity index (χ2v) is 10.4. The zero-order valence-corrected chi connectivity index (χ0v) is 17.1. The first kappa shape index (κ1) is 19.4. The molecule has 2 aliphatic rings. The Balaban J connectivity index is 0.000000677. The summed E-state index contributed by atoms with van der Waals surface area (Å²) in [6, 6.07) is 0. The zero-order chi connectivity index (χ0) is 15.5. The first-order valence-electron chi connectivity index (χ1n) is 7.60. The Bertz CT molecular complexity index is 306. The van der Waals surface area contributed by atoms with Crippen LogP contribution in [0.4, 0.5) is 0 Å². The maximum atomic E-state index is 4.69. The van der Waals surface area contributed by atoms with Crippen LogP contribution in [0.3, 0.4) is 0 Å². The second kappa shape index (κ2) is 11.9. The fourth-order valence-electron chi connectivity index (χ4n) is 2.52. The van der Waals surface area contributed by atoms with E-state index in [4.69, 9.17) is 10.2 Å². The number of rotatable bonds is 3. The molecule has 0 unspecified atom stereocenters. The van der Waals surface area contributed by atoms with Gasteiger partial charge in [-0.05, 0) is 52.4 Å². The van der Waals surface area contributed by atoms with E-state index < -0.39 is 0 Å². The topological polar surface area (TPSA) is 31.2 Å². The van der Waals surface area contributed by atoms with Crippen molar-refractivity contribution in [1.82, 2.24) is 10.0 Å². The van der Waals surface area contributed by atoms with Gasteiger partial charge < -0.3 is 0 Å². The molecular formula is C14H26Br2N4Ni.